The third-order valence-corrected chi connectivity index (χ3v) is 6.46. The third-order valence-electron chi connectivity index (χ3n) is 6.46. The number of amides is 1. The minimum Gasteiger partial charge on any atom is -0.267 e. The topological polar surface area (TPSA) is 84.6 Å². The van der Waals surface area contributed by atoms with Gasteiger partial charge in [0.1, 0.15) is 0 Å². The van der Waals surface area contributed by atoms with Gasteiger partial charge in [-0.3, -0.25) is 14.9 Å². The number of fused-ring (bicyclic) bond motifs is 2. The fourth-order valence-corrected chi connectivity index (χ4v) is 4.28. The molecule has 1 amide bonds. The molecule has 2 saturated carbocycles. The van der Waals surface area contributed by atoms with Crippen LogP contribution in [0.2, 0.25) is 0 Å². The fourth-order valence-electron chi connectivity index (χ4n) is 4.28. The maximum Gasteiger partial charge on any atom is 0.272 e. The molecule has 0 aromatic heterocycles. The van der Waals surface area contributed by atoms with E-state index >= 15 is 0 Å². The van der Waals surface area contributed by atoms with E-state index in [1.54, 1.807) is 6.92 Å². The average molecular weight is 329 g/mol. The monoisotopic (exact) mass is 329 g/mol. The van der Waals surface area contributed by atoms with E-state index in [1.165, 1.54) is 24.6 Å². The number of hydrogen-bond acceptors (Lipinski definition) is 4. The minimum atomic E-state index is -0.449. The van der Waals surface area contributed by atoms with Gasteiger partial charge >= 0.3 is 0 Å². The van der Waals surface area contributed by atoms with Crippen molar-refractivity contribution in [2.75, 3.05) is 0 Å². The zero-order valence-corrected chi connectivity index (χ0v) is 14.5. The van der Waals surface area contributed by atoms with Crippen LogP contribution in [0.25, 0.3) is 0 Å². The summed E-state index contributed by atoms with van der Waals surface area (Å²) in [6.07, 6.45) is 3.26. The van der Waals surface area contributed by atoms with E-state index in [4.69, 9.17) is 0 Å². The van der Waals surface area contributed by atoms with E-state index in [0.717, 1.165) is 18.6 Å². The third kappa shape index (κ3) is 2.32. The Kier molecular flexibility index (Phi) is 3.73. The van der Waals surface area contributed by atoms with Crippen LogP contribution in [0.15, 0.2) is 23.3 Å². The fraction of sp³-hybridized carbons (Fsp3) is 0.556. The maximum absolute atomic E-state index is 12.3. The van der Waals surface area contributed by atoms with E-state index in [2.05, 4.69) is 31.3 Å². The Balaban J connectivity index is 1.77. The highest BCUT2D eigenvalue weighted by Gasteiger charge is 2.60. The Morgan fingerprint density at radius 1 is 1.38 bits per heavy atom. The summed E-state index contributed by atoms with van der Waals surface area (Å²) >= 11 is 0. The second-order valence-corrected chi connectivity index (χ2v) is 7.75. The molecule has 1 aromatic rings. The highest BCUT2D eigenvalue weighted by molar-refractivity contribution is 5.98. The molecule has 0 aliphatic heterocycles. The molecule has 2 atom stereocenters. The average Bonchev–Trinajstić information content (AvgIpc) is 2.85. The van der Waals surface area contributed by atoms with Crippen LogP contribution >= 0.6 is 0 Å². The summed E-state index contributed by atoms with van der Waals surface area (Å²) in [4.78, 5) is 22.7. The number of rotatable bonds is 3. The zero-order valence-electron chi connectivity index (χ0n) is 14.5. The molecule has 2 aliphatic rings. The lowest BCUT2D eigenvalue weighted by Crippen LogP contribution is -2.34. The van der Waals surface area contributed by atoms with Crippen LogP contribution in [0, 0.1) is 33.8 Å². The predicted octanol–water partition coefficient (Wildman–Crippen LogP) is 3.84. The first-order chi connectivity index (χ1) is 11.2. The second-order valence-electron chi connectivity index (χ2n) is 7.75. The first-order valence-corrected chi connectivity index (χ1v) is 8.29. The zero-order chi connectivity index (χ0) is 17.7. The quantitative estimate of drug-likeness (QED) is 0.675. The van der Waals surface area contributed by atoms with Crippen LogP contribution in [0.4, 0.5) is 5.69 Å². The van der Waals surface area contributed by atoms with Gasteiger partial charge in [-0.25, -0.2) is 5.43 Å². The lowest BCUT2D eigenvalue weighted by atomic mass is 9.70. The molecule has 1 aromatic carbocycles. The first kappa shape index (κ1) is 16.6. The molecule has 3 rings (SSSR count). The smallest absolute Gasteiger partial charge is 0.267 e. The van der Waals surface area contributed by atoms with Crippen LogP contribution in [-0.4, -0.2) is 16.5 Å². The Hall–Kier alpha value is -2.24. The molecule has 0 unspecified atom stereocenters. The summed E-state index contributed by atoms with van der Waals surface area (Å²) in [5.74, 6) is 0.296. The van der Waals surface area contributed by atoms with Crippen LogP contribution in [0.5, 0.6) is 0 Å². The number of nitrogens with zero attached hydrogens (tertiary/aromatic N) is 2. The van der Waals surface area contributed by atoms with Gasteiger partial charge in [0.2, 0.25) is 0 Å². The minimum absolute atomic E-state index is 0.0141. The lowest BCUT2D eigenvalue weighted by molar-refractivity contribution is -0.385. The van der Waals surface area contributed by atoms with Gasteiger partial charge in [-0.15, -0.1) is 0 Å². The van der Waals surface area contributed by atoms with Crippen molar-refractivity contribution in [2.24, 2.45) is 21.8 Å². The molecule has 24 heavy (non-hydrogen) atoms. The summed E-state index contributed by atoms with van der Waals surface area (Å²) in [6.45, 7) is 8.44. The van der Waals surface area contributed by atoms with Gasteiger partial charge in [-0.2, -0.15) is 5.10 Å². The number of nitrogens with one attached hydrogen (secondary N) is 1. The van der Waals surface area contributed by atoms with E-state index in [1.807, 2.05) is 0 Å². The van der Waals surface area contributed by atoms with E-state index < -0.39 is 4.92 Å². The van der Waals surface area contributed by atoms with Crippen molar-refractivity contribution in [1.82, 2.24) is 5.43 Å². The van der Waals surface area contributed by atoms with E-state index in [-0.39, 0.29) is 22.4 Å². The van der Waals surface area contributed by atoms with Crippen molar-refractivity contribution in [3.8, 4) is 0 Å². The second kappa shape index (κ2) is 5.40. The van der Waals surface area contributed by atoms with Crippen LogP contribution in [0.1, 0.15) is 56.0 Å². The summed E-state index contributed by atoms with van der Waals surface area (Å²) in [5, 5.41) is 15.3. The van der Waals surface area contributed by atoms with Crippen molar-refractivity contribution in [1.29, 1.82) is 0 Å². The van der Waals surface area contributed by atoms with Crippen LogP contribution < -0.4 is 5.43 Å². The van der Waals surface area contributed by atoms with Crippen molar-refractivity contribution in [2.45, 2.75) is 47.0 Å². The standard InChI is InChI=1S/C18H23N3O3/c1-11-9-12(5-6-14(11)21(23)24)16(22)20-19-15-10-13-7-8-18(15,4)17(13,2)3/h5-6,9,13H,7-8,10H2,1-4H3,(H,20,22)/b19-15-/t13-,18-/m0/s1. The molecule has 2 aliphatic carbocycles. The maximum atomic E-state index is 12.3. The van der Waals surface area contributed by atoms with Gasteiger partial charge in [0.25, 0.3) is 11.6 Å². The number of hydrazone groups is 1. The molecule has 0 spiro atoms. The molecule has 1 N–H and O–H groups in total. The number of aryl methyl sites for hydroxylation is 1. The highest BCUT2D eigenvalue weighted by atomic mass is 16.6. The largest absolute Gasteiger partial charge is 0.272 e. The Bertz CT molecular complexity index is 754. The molecule has 2 fully saturated rings. The van der Waals surface area contributed by atoms with Gasteiger partial charge in [-0.05, 0) is 49.7 Å². The predicted molar refractivity (Wildman–Crippen MR) is 92.0 cm³/mol. The van der Waals surface area contributed by atoms with Gasteiger partial charge in [0.15, 0.2) is 0 Å². The summed E-state index contributed by atoms with van der Waals surface area (Å²) < 4.78 is 0. The van der Waals surface area contributed by atoms with Gasteiger partial charge in [0, 0.05) is 28.3 Å². The molecule has 0 heterocycles. The molecule has 6 nitrogen and oxygen atoms in total. The van der Waals surface area contributed by atoms with Crippen molar-refractivity contribution < 1.29 is 9.72 Å². The summed E-state index contributed by atoms with van der Waals surface area (Å²) in [5.41, 5.74) is 4.82. The van der Waals surface area contributed by atoms with Crippen molar-refractivity contribution >= 4 is 17.3 Å². The van der Waals surface area contributed by atoms with Gasteiger partial charge in [-0.1, -0.05) is 20.8 Å². The molecule has 6 heteroatoms. The number of nitro groups is 1. The molecule has 128 valence electrons. The number of nitro benzene ring substituents is 1. The van der Waals surface area contributed by atoms with Gasteiger partial charge < -0.3 is 0 Å². The SMILES string of the molecule is Cc1cc(C(=O)N/N=C2/C[C@@H]3CC[C@]2(C)C3(C)C)ccc1[N+](=O)[O-]. The molecule has 0 saturated heterocycles. The normalized spacial score (nSPS) is 29.0. The lowest BCUT2D eigenvalue weighted by Gasteiger charge is -2.34. The van der Waals surface area contributed by atoms with E-state index in [9.17, 15) is 14.9 Å². The number of benzene rings is 1. The van der Waals surface area contributed by atoms with Crippen LogP contribution in [-0.2, 0) is 0 Å². The summed E-state index contributed by atoms with van der Waals surface area (Å²) in [7, 11) is 0. The first-order valence-electron chi connectivity index (χ1n) is 8.29. The molecular weight excluding hydrogens is 306 g/mol. The van der Waals surface area contributed by atoms with E-state index in [0.29, 0.717) is 17.0 Å². The Morgan fingerprint density at radius 2 is 2.08 bits per heavy atom. The van der Waals surface area contributed by atoms with Crippen LogP contribution in [0.3, 0.4) is 0 Å². The van der Waals surface area contributed by atoms with Gasteiger partial charge in [0.05, 0.1) is 4.92 Å². The highest BCUT2D eigenvalue weighted by Crippen LogP contribution is 2.63. The molecular formula is C18H23N3O3. The molecule has 0 radical (unpaired) electrons. The number of hydrogen-bond donors (Lipinski definition) is 1. The summed E-state index contributed by atoms with van der Waals surface area (Å²) in [6, 6.07) is 4.35. The Labute approximate surface area is 141 Å². The van der Waals surface area contributed by atoms with Crippen molar-refractivity contribution in [3.63, 3.8) is 0 Å². The molecule has 2 bridgehead atoms. The number of carbonyl (C=O) groups excluding carboxylic acids is 1. The Morgan fingerprint density at radius 3 is 2.58 bits per heavy atom. The van der Waals surface area contributed by atoms with Crippen molar-refractivity contribution in [3.05, 3.63) is 39.4 Å². The number of carbonyl (C=O) groups is 1.